The van der Waals surface area contributed by atoms with Crippen LogP contribution < -0.4 is 0 Å². The number of hydrogen-bond acceptors (Lipinski definition) is 5. The summed E-state index contributed by atoms with van der Waals surface area (Å²) in [5, 5.41) is 9.99. The standard InChI is InChI=1S/C16H22O5/c1-16(2)20-11-15(21-16)14(18)8-13(17)10-19-9-12-6-4-3-5-7-12/h3-7,14-15,18H,8-11H2,1-2H3/t14-,15+/m0/s1. The smallest absolute Gasteiger partial charge is 0.163 e. The molecular formula is C16H22O5. The van der Waals surface area contributed by atoms with Crippen molar-refractivity contribution in [3.05, 3.63) is 35.9 Å². The molecule has 1 aliphatic rings. The molecular weight excluding hydrogens is 272 g/mol. The highest BCUT2D eigenvalue weighted by Crippen LogP contribution is 2.25. The van der Waals surface area contributed by atoms with Gasteiger partial charge in [-0.05, 0) is 19.4 Å². The monoisotopic (exact) mass is 294 g/mol. The number of carbonyl (C=O) groups excluding carboxylic acids is 1. The van der Waals surface area contributed by atoms with Gasteiger partial charge >= 0.3 is 0 Å². The third kappa shape index (κ3) is 5.21. The zero-order chi connectivity index (χ0) is 15.3. The second-order valence-electron chi connectivity index (χ2n) is 5.66. The molecule has 0 unspecified atom stereocenters. The maximum absolute atomic E-state index is 11.8. The predicted molar refractivity (Wildman–Crippen MR) is 76.6 cm³/mol. The van der Waals surface area contributed by atoms with Gasteiger partial charge in [0.15, 0.2) is 11.6 Å². The molecule has 5 heteroatoms. The maximum Gasteiger partial charge on any atom is 0.163 e. The second-order valence-corrected chi connectivity index (χ2v) is 5.66. The first-order valence-electron chi connectivity index (χ1n) is 7.09. The molecule has 116 valence electrons. The lowest BCUT2D eigenvalue weighted by Crippen LogP contribution is -2.33. The Bertz CT molecular complexity index is 457. The molecule has 0 bridgehead atoms. The molecule has 1 fully saturated rings. The summed E-state index contributed by atoms with van der Waals surface area (Å²) in [6.07, 6.45) is -1.31. The van der Waals surface area contributed by atoms with Crippen molar-refractivity contribution in [1.82, 2.24) is 0 Å². The van der Waals surface area contributed by atoms with E-state index in [1.165, 1.54) is 0 Å². The van der Waals surface area contributed by atoms with Crippen LogP contribution in [0.25, 0.3) is 0 Å². The fraction of sp³-hybridized carbons (Fsp3) is 0.562. The molecule has 1 aromatic carbocycles. The SMILES string of the molecule is CC1(C)OC[C@H]([C@@H](O)CC(=O)COCc2ccccc2)O1. The van der Waals surface area contributed by atoms with E-state index in [4.69, 9.17) is 14.2 Å². The molecule has 5 nitrogen and oxygen atoms in total. The topological polar surface area (TPSA) is 65.0 Å². The zero-order valence-corrected chi connectivity index (χ0v) is 12.5. The van der Waals surface area contributed by atoms with E-state index in [1.54, 1.807) is 13.8 Å². The van der Waals surface area contributed by atoms with Gasteiger partial charge in [-0.25, -0.2) is 0 Å². The molecule has 0 aliphatic carbocycles. The lowest BCUT2D eigenvalue weighted by molar-refractivity contribution is -0.154. The summed E-state index contributed by atoms with van der Waals surface area (Å²) in [5.41, 5.74) is 1.01. The molecule has 0 saturated carbocycles. The highest BCUT2D eigenvalue weighted by atomic mass is 16.7. The molecule has 1 aromatic rings. The summed E-state index contributed by atoms with van der Waals surface area (Å²) in [6, 6.07) is 9.64. The Morgan fingerprint density at radius 2 is 2.14 bits per heavy atom. The quantitative estimate of drug-likeness (QED) is 0.829. The van der Waals surface area contributed by atoms with Gasteiger partial charge in [0.2, 0.25) is 0 Å². The van der Waals surface area contributed by atoms with E-state index in [0.29, 0.717) is 13.2 Å². The summed E-state index contributed by atoms with van der Waals surface area (Å²) in [7, 11) is 0. The minimum absolute atomic E-state index is 0.0110. The molecule has 0 amide bonds. The van der Waals surface area contributed by atoms with Gasteiger partial charge in [-0.2, -0.15) is 0 Å². The Labute approximate surface area is 124 Å². The van der Waals surface area contributed by atoms with Gasteiger partial charge in [0.1, 0.15) is 12.7 Å². The number of ether oxygens (including phenoxy) is 3. The van der Waals surface area contributed by atoms with Crippen LogP contribution >= 0.6 is 0 Å². The van der Waals surface area contributed by atoms with Crippen LogP contribution in [0, 0.1) is 0 Å². The Kier molecular flexibility index (Phi) is 5.47. The average Bonchev–Trinajstić information content (AvgIpc) is 2.80. The van der Waals surface area contributed by atoms with Gasteiger partial charge in [-0.3, -0.25) is 4.79 Å². The van der Waals surface area contributed by atoms with Crippen molar-refractivity contribution in [3.63, 3.8) is 0 Å². The first-order valence-corrected chi connectivity index (χ1v) is 7.09. The lowest BCUT2D eigenvalue weighted by Gasteiger charge is -2.20. The summed E-state index contributed by atoms with van der Waals surface area (Å²) in [6.45, 7) is 4.24. The molecule has 0 spiro atoms. The number of aliphatic hydroxyl groups is 1. The van der Waals surface area contributed by atoms with E-state index in [1.807, 2.05) is 30.3 Å². The third-order valence-corrected chi connectivity index (χ3v) is 3.27. The molecule has 2 atom stereocenters. The summed E-state index contributed by atoms with van der Waals surface area (Å²) in [5.74, 6) is -0.842. The van der Waals surface area contributed by atoms with Crippen molar-refractivity contribution in [3.8, 4) is 0 Å². The highest BCUT2D eigenvalue weighted by Gasteiger charge is 2.37. The number of benzene rings is 1. The number of hydrogen-bond donors (Lipinski definition) is 1. The van der Waals surface area contributed by atoms with Crippen LogP contribution in [0.2, 0.25) is 0 Å². The zero-order valence-electron chi connectivity index (χ0n) is 12.5. The van der Waals surface area contributed by atoms with Crippen molar-refractivity contribution in [2.45, 2.75) is 44.9 Å². The van der Waals surface area contributed by atoms with Gasteiger partial charge in [-0.15, -0.1) is 0 Å². The van der Waals surface area contributed by atoms with Gasteiger partial charge in [0.05, 0.1) is 19.3 Å². The Morgan fingerprint density at radius 3 is 2.76 bits per heavy atom. The number of ketones is 1. The number of aliphatic hydroxyl groups excluding tert-OH is 1. The van der Waals surface area contributed by atoms with Crippen LogP contribution in [0.3, 0.4) is 0 Å². The first kappa shape index (κ1) is 16.1. The van der Waals surface area contributed by atoms with Crippen LogP contribution in [-0.4, -0.2) is 42.1 Å². The van der Waals surface area contributed by atoms with Gasteiger partial charge < -0.3 is 19.3 Å². The van der Waals surface area contributed by atoms with Crippen LogP contribution in [0.4, 0.5) is 0 Å². The number of rotatable bonds is 7. The Hall–Kier alpha value is -1.27. The Morgan fingerprint density at radius 1 is 1.43 bits per heavy atom. The van der Waals surface area contributed by atoms with E-state index in [-0.39, 0.29) is 18.8 Å². The van der Waals surface area contributed by atoms with Crippen LogP contribution in [-0.2, 0) is 25.6 Å². The molecule has 1 N–H and O–H groups in total. The summed E-state index contributed by atoms with van der Waals surface area (Å²) in [4.78, 5) is 11.8. The number of Topliss-reactive ketones (excluding diaryl/α,β-unsaturated/α-hetero) is 1. The molecule has 2 rings (SSSR count). The average molecular weight is 294 g/mol. The van der Waals surface area contributed by atoms with Crippen molar-refractivity contribution < 1.29 is 24.1 Å². The van der Waals surface area contributed by atoms with Crippen LogP contribution in [0.15, 0.2) is 30.3 Å². The molecule has 1 saturated heterocycles. The van der Waals surface area contributed by atoms with Crippen molar-refractivity contribution in [2.24, 2.45) is 0 Å². The van der Waals surface area contributed by atoms with Crippen molar-refractivity contribution in [2.75, 3.05) is 13.2 Å². The van der Waals surface area contributed by atoms with Crippen molar-refractivity contribution >= 4 is 5.78 Å². The molecule has 0 aromatic heterocycles. The Balaban J connectivity index is 1.67. The summed E-state index contributed by atoms with van der Waals surface area (Å²) >= 11 is 0. The maximum atomic E-state index is 11.8. The lowest BCUT2D eigenvalue weighted by atomic mass is 10.1. The second kappa shape index (κ2) is 7.13. The van der Waals surface area contributed by atoms with Crippen LogP contribution in [0.1, 0.15) is 25.8 Å². The largest absolute Gasteiger partial charge is 0.390 e. The van der Waals surface area contributed by atoms with E-state index < -0.39 is 18.0 Å². The normalized spacial score (nSPS) is 22.1. The molecule has 0 radical (unpaired) electrons. The molecule has 1 heterocycles. The minimum Gasteiger partial charge on any atom is -0.390 e. The first-order chi connectivity index (χ1) is 9.96. The van der Waals surface area contributed by atoms with Crippen molar-refractivity contribution in [1.29, 1.82) is 0 Å². The molecule has 1 aliphatic heterocycles. The van der Waals surface area contributed by atoms with Crippen LogP contribution in [0.5, 0.6) is 0 Å². The summed E-state index contributed by atoms with van der Waals surface area (Å²) < 4.78 is 16.2. The fourth-order valence-electron chi connectivity index (χ4n) is 2.19. The highest BCUT2D eigenvalue weighted by molar-refractivity contribution is 5.80. The van der Waals surface area contributed by atoms with E-state index >= 15 is 0 Å². The van der Waals surface area contributed by atoms with E-state index in [9.17, 15) is 9.90 Å². The third-order valence-electron chi connectivity index (χ3n) is 3.27. The van der Waals surface area contributed by atoms with E-state index in [2.05, 4.69) is 0 Å². The number of carbonyl (C=O) groups is 1. The van der Waals surface area contributed by atoms with Gasteiger partial charge in [-0.1, -0.05) is 30.3 Å². The minimum atomic E-state index is -0.861. The fourth-order valence-corrected chi connectivity index (χ4v) is 2.19. The molecule has 21 heavy (non-hydrogen) atoms. The predicted octanol–water partition coefficient (Wildman–Crippen LogP) is 1.67. The van der Waals surface area contributed by atoms with Gasteiger partial charge in [0.25, 0.3) is 0 Å². The van der Waals surface area contributed by atoms with Gasteiger partial charge in [0, 0.05) is 6.42 Å². The van der Waals surface area contributed by atoms with E-state index in [0.717, 1.165) is 5.56 Å².